The second-order valence-corrected chi connectivity index (χ2v) is 10.1. The molecule has 3 aromatic carbocycles. The van der Waals surface area contributed by atoms with E-state index in [-0.39, 0.29) is 18.3 Å². The average Bonchev–Trinajstić information content (AvgIpc) is 3.31. The van der Waals surface area contributed by atoms with E-state index in [1.165, 1.54) is 10.8 Å². The second kappa shape index (κ2) is 11.5. The number of esters is 1. The minimum absolute atomic E-state index is 0.0744. The summed E-state index contributed by atoms with van der Waals surface area (Å²) in [6.45, 7) is 8.07. The molecular formula is C30H31NO4S. The van der Waals surface area contributed by atoms with Crippen LogP contribution in [0.2, 0.25) is 0 Å². The molecule has 0 unspecified atom stereocenters. The van der Waals surface area contributed by atoms with Crippen molar-refractivity contribution in [2.75, 3.05) is 13.2 Å². The Kier molecular flexibility index (Phi) is 8.16. The number of aromatic nitrogens is 1. The maximum Gasteiger partial charge on any atom is 0.344 e. The van der Waals surface area contributed by atoms with Gasteiger partial charge in [-0.05, 0) is 66.8 Å². The Morgan fingerprint density at radius 3 is 2.50 bits per heavy atom. The van der Waals surface area contributed by atoms with Crippen LogP contribution in [-0.2, 0) is 16.0 Å². The maximum absolute atomic E-state index is 13.0. The van der Waals surface area contributed by atoms with Gasteiger partial charge in [-0.15, -0.1) is 11.3 Å². The third-order valence-corrected chi connectivity index (χ3v) is 7.18. The van der Waals surface area contributed by atoms with Gasteiger partial charge in [-0.1, -0.05) is 50.2 Å². The van der Waals surface area contributed by atoms with Crippen LogP contribution in [0.3, 0.4) is 0 Å². The Balaban J connectivity index is 1.46. The Labute approximate surface area is 216 Å². The molecule has 0 fully saturated rings. The Bertz CT molecular complexity index is 1390. The van der Waals surface area contributed by atoms with Gasteiger partial charge < -0.3 is 9.47 Å². The normalized spacial score (nSPS) is 11.1. The molecule has 0 radical (unpaired) electrons. The zero-order chi connectivity index (χ0) is 25.7. The molecule has 0 atom stereocenters. The SMILES string of the molecule is CCOC(=O)COc1ccc(C(=O)CCc2sc(-c3ccc4ccccc4c3)nc2C(C)C)cc1C. The zero-order valence-corrected chi connectivity index (χ0v) is 22.0. The van der Waals surface area contributed by atoms with Gasteiger partial charge in [0.1, 0.15) is 10.8 Å². The molecule has 0 saturated heterocycles. The molecule has 0 aliphatic rings. The molecule has 0 aliphatic carbocycles. The van der Waals surface area contributed by atoms with Crippen molar-refractivity contribution in [3.05, 3.63) is 82.4 Å². The van der Waals surface area contributed by atoms with E-state index in [9.17, 15) is 9.59 Å². The lowest BCUT2D eigenvalue weighted by molar-refractivity contribution is -0.145. The first kappa shape index (κ1) is 25.6. The van der Waals surface area contributed by atoms with E-state index < -0.39 is 5.97 Å². The van der Waals surface area contributed by atoms with Crippen molar-refractivity contribution in [2.24, 2.45) is 0 Å². The second-order valence-electron chi connectivity index (χ2n) is 9.04. The molecule has 0 bridgehead atoms. The molecule has 6 heteroatoms. The molecule has 0 saturated carbocycles. The molecule has 0 spiro atoms. The third kappa shape index (κ3) is 6.00. The van der Waals surface area contributed by atoms with Crippen LogP contribution in [0.25, 0.3) is 21.3 Å². The Hall–Kier alpha value is -3.51. The van der Waals surface area contributed by atoms with Crippen molar-refractivity contribution in [2.45, 2.75) is 46.5 Å². The molecule has 1 heterocycles. The number of hydrogen-bond acceptors (Lipinski definition) is 6. The van der Waals surface area contributed by atoms with Crippen molar-refractivity contribution < 1.29 is 19.1 Å². The lowest BCUT2D eigenvalue weighted by Gasteiger charge is -2.10. The van der Waals surface area contributed by atoms with Crippen LogP contribution >= 0.6 is 11.3 Å². The standard InChI is InChI=1S/C30H31NO4S/c1-5-34-28(33)18-35-26-14-12-23(16-20(26)4)25(32)13-15-27-29(19(2)3)31-30(36-27)24-11-10-21-8-6-7-9-22(21)17-24/h6-12,14,16-17,19H,5,13,15,18H2,1-4H3. The summed E-state index contributed by atoms with van der Waals surface area (Å²) >= 11 is 1.68. The maximum atomic E-state index is 13.0. The summed E-state index contributed by atoms with van der Waals surface area (Å²) in [5, 5.41) is 3.39. The largest absolute Gasteiger partial charge is 0.482 e. The van der Waals surface area contributed by atoms with Gasteiger partial charge in [0.2, 0.25) is 0 Å². The highest BCUT2D eigenvalue weighted by molar-refractivity contribution is 7.15. The van der Waals surface area contributed by atoms with Gasteiger partial charge in [0.05, 0.1) is 12.3 Å². The van der Waals surface area contributed by atoms with Crippen molar-refractivity contribution in [3.8, 4) is 16.3 Å². The number of fused-ring (bicyclic) bond motifs is 1. The molecule has 0 amide bonds. The molecule has 36 heavy (non-hydrogen) atoms. The van der Waals surface area contributed by atoms with E-state index in [0.717, 1.165) is 26.7 Å². The van der Waals surface area contributed by atoms with Crippen LogP contribution in [0.5, 0.6) is 5.75 Å². The average molecular weight is 502 g/mol. The summed E-state index contributed by atoms with van der Waals surface area (Å²) in [6.07, 6.45) is 1.05. The zero-order valence-electron chi connectivity index (χ0n) is 21.2. The van der Waals surface area contributed by atoms with Crippen LogP contribution in [0.4, 0.5) is 0 Å². The van der Waals surface area contributed by atoms with Crippen LogP contribution in [0.15, 0.2) is 60.7 Å². The number of hydrogen-bond donors (Lipinski definition) is 0. The van der Waals surface area contributed by atoms with E-state index in [1.807, 2.05) is 25.1 Å². The van der Waals surface area contributed by atoms with Crippen LogP contribution in [-0.4, -0.2) is 30.0 Å². The first-order valence-corrected chi connectivity index (χ1v) is 13.1. The lowest BCUT2D eigenvalue weighted by Crippen LogP contribution is -2.15. The van der Waals surface area contributed by atoms with Gasteiger partial charge in [-0.3, -0.25) is 4.79 Å². The number of Topliss-reactive ketones (excluding diaryl/α,β-unsaturated/α-hetero) is 1. The van der Waals surface area contributed by atoms with Crippen molar-refractivity contribution >= 4 is 33.9 Å². The van der Waals surface area contributed by atoms with Gasteiger partial charge in [0.25, 0.3) is 0 Å². The molecular weight excluding hydrogens is 470 g/mol. The predicted molar refractivity (Wildman–Crippen MR) is 145 cm³/mol. The molecule has 0 aliphatic heterocycles. The predicted octanol–water partition coefficient (Wildman–Crippen LogP) is 7.15. The van der Waals surface area contributed by atoms with E-state index in [1.54, 1.807) is 30.4 Å². The first-order valence-electron chi connectivity index (χ1n) is 12.3. The molecule has 4 aromatic rings. The number of carbonyl (C=O) groups is 2. The van der Waals surface area contributed by atoms with Crippen molar-refractivity contribution in [1.82, 2.24) is 4.98 Å². The monoisotopic (exact) mass is 501 g/mol. The smallest absolute Gasteiger partial charge is 0.344 e. The number of aryl methyl sites for hydroxylation is 2. The molecule has 0 N–H and O–H groups in total. The highest BCUT2D eigenvalue weighted by Crippen LogP contribution is 2.34. The minimum Gasteiger partial charge on any atom is -0.482 e. The summed E-state index contributed by atoms with van der Waals surface area (Å²) in [5.41, 5.74) is 3.62. The summed E-state index contributed by atoms with van der Waals surface area (Å²) in [4.78, 5) is 30.7. The van der Waals surface area contributed by atoms with Gasteiger partial charge in [-0.25, -0.2) is 9.78 Å². The first-order chi connectivity index (χ1) is 17.4. The summed E-state index contributed by atoms with van der Waals surface area (Å²) < 4.78 is 10.4. The number of carbonyl (C=O) groups excluding carboxylic acids is 2. The number of benzene rings is 3. The number of nitrogens with zero attached hydrogens (tertiary/aromatic N) is 1. The van der Waals surface area contributed by atoms with Crippen LogP contribution in [0.1, 0.15) is 59.6 Å². The minimum atomic E-state index is -0.411. The van der Waals surface area contributed by atoms with Crippen LogP contribution < -0.4 is 4.74 Å². The van der Waals surface area contributed by atoms with Crippen molar-refractivity contribution in [3.63, 3.8) is 0 Å². The number of ether oxygens (including phenoxy) is 2. The van der Waals surface area contributed by atoms with E-state index in [4.69, 9.17) is 14.5 Å². The van der Waals surface area contributed by atoms with E-state index in [2.05, 4.69) is 44.2 Å². The van der Waals surface area contributed by atoms with Crippen molar-refractivity contribution in [1.29, 1.82) is 0 Å². The molecule has 1 aromatic heterocycles. The Morgan fingerprint density at radius 1 is 1.00 bits per heavy atom. The van der Waals surface area contributed by atoms with E-state index >= 15 is 0 Å². The molecule has 5 nitrogen and oxygen atoms in total. The molecule has 186 valence electrons. The highest BCUT2D eigenvalue weighted by atomic mass is 32.1. The summed E-state index contributed by atoms with van der Waals surface area (Å²) in [7, 11) is 0. The number of thiazole rings is 1. The highest BCUT2D eigenvalue weighted by Gasteiger charge is 2.18. The molecule has 4 rings (SSSR count). The van der Waals surface area contributed by atoms with Gasteiger partial charge in [0.15, 0.2) is 12.4 Å². The number of rotatable bonds is 10. The fraction of sp³-hybridized carbons (Fsp3) is 0.300. The quantitative estimate of drug-likeness (QED) is 0.170. The van der Waals surface area contributed by atoms with E-state index in [0.29, 0.717) is 30.8 Å². The Morgan fingerprint density at radius 2 is 1.78 bits per heavy atom. The topological polar surface area (TPSA) is 65.5 Å². The number of ketones is 1. The third-order valence-electron chi connectivity index (χ3n) is 6.00. The summed E-state index contributed by atoms with van der Waals surface area (Å²) in [6, 6.07) is 20.1. The lowest BCUT2D eigenvalue weighted by atomic mass is 10.0. The van der Waals surface area contributed by atoms with Gasteiger partial charge in [-0.2, -0.15) is 0 Å². The fourth-order valence-corrected chi connectivity index (χ4v) is 5.35. The van der Waals surface area contributed by atoms with Gasteiger partial charge in [0, 0.05) is 22.4 Å². The summed E-state index contributed by atoms with van der Waals surface area (Å²) in [5.74, 6) is 0.513. The fourth-order valence-electron chi connectivity index (χ4n) is 4.14. The van der Waals surface area contributed by atoms with Gasteiger partial charge >= 0.3 is 5.97 Å². The van der Waals surface area contributed by atoms with Crippen LogP contribution in [0, 0.1) is 6.92 Å².